The van der Waals surface area contributed by atoms with Crippen LogP contribution in [0.25, 0.3) is 0 Å². The fourth-order valence-corrected chi connectivity index (χ4v) is 3.91. The Bertz CT molecular complexity index is 562. The van der Waals surface area contributed by atoms with Gasteiger partial charge in [0.2, 0.25) is 0 Å². The zero-order valence-corrected chi connectivity index (χ0v) is 15.9. The Morgan fingerprint density at radius 1 is 1.33 bits per heavy atom. The number of esters is 1. The number of ether oxygens (including phenoxy) is 2. The van der Waals surface area contributed by atoms with Gasteiger partial charge in [-0.1, -0.05) is 0 Å². The second kappa shape index (κ2) is 8.32. The van der Waals surface area contributed by atoms with Crippen LogP contribution in [0.1, 0.15) is 60.6 Å². The van der Waals surface area contributed by atoms with Crippen molar-refractivity contribution < 1.29 is 19.4 Å². The van der Waals surface area contributed by atoms with Crippen LogP contribution in [0.5, 0.6) is 5.75 Å². The van der Waals surface area contributed by atoms with E-state index in [4.69, 9.17) is 9.47 Å². The van der Waals surface area contributed by atoms with Crippen molar-refractivity contribution in [1.82, 2.24) is 5.32 Å². The Morgan fingerprint density at radius 2 is 2.04 bits per heavy atom. The van der Waals surface area contributed by atoms with Gasteiger partial charge < -0.3 is 19.9 Å². The van der Waals surface area contributed by atoms with Crippen LogP contribution in [-0.2, 0) is 17.6 Å². The molecule has 24 heavy (non-hydrogen) atoms. The number of hydrogen-bond donors (Lipinski definition) is 2. The van der Waals surface area contributed by atoms with Crippen molar-refractivity contribution in [2.75, 3.05) is 19.8 Å². The van der Waals surface area contributed by atoms with Crippen LogP contribution in [0.15, 0.2) is 0 Å². The SMILES string of the molecule is CCOC(=O)c1sc2c(c1OCC(O)CNC(C)(C)C)CCCC2. The number of aryl methyl sites for hydroxylation is 1. The topological polar surface area (TPSA) is 67.8 Å². The molecule has 0 spiro atoms. The molecule has 1 atom stereocenters. The van der Waals surface area contributed by atoms with E-state index in [2.05, 4.69) is 26.1 Å². The quantitative estimate of drug-likeness (QED) is 0.736. The summed E-state index contributed by atoms with van der Waals surface area (Å²) in [5.41, 5.74) is 1.07. The van der Waals surface area contributed by atoms with Gasteiger partial charge in [0.1, 0.15) is 18.5 Å². The molecule has 1 heterocycles. The fraction of sp³-hybridized carbons (Fsp3) is 0.722. The standard InChI is InChI=1S/C18H29NO4S/c1-5-22-17(21)16-15(13-8-6-7-9-14(13)24-16)23-11-12(20)10-19-18(2,3)4/h12,19-20H,5-11H2,1-4H3. The van der Waals surface area contributed by atoms with E-state index in [-0.39, 0.29) is 18.1 Å². The van der Waals surface area contributed by atoms with Crippen LogP contribution in [0.4, 0.5) is 0 Å². The third-order valence-corrected chi connectivity index (χ3v) is 5.12. The lowest BCUT2D eigenvalue weighted by Crippen LogP contribution is -2.42. The first-order chi connectivity index (χ1) is 11.3. The maximum absolute atomic E-state index is 12.2. The van der Waals surface area contributed by atoms with Gasteiger partial charge in [-0.25, -0.2) is 4.79 Å². The number of nitrogens with one attached hydrogen (secondary N) is 1. The van der Waals surface area contributed by atoms with Gasteiger partial charge in [-0.05, 0) is 53.4 Å². The van der Waals surface area contributed by atoms with Gasteiger partial charge in [-0.3, -0.25) is 0 Å². The molecule has 1 aliphatic carbocycles. The maximum Gasteiger partial charge on any atom is 0.352 e. The van der Waals surface area contributed by atoms with Crippen molar-refractivity contribution in [2.24, 2.45) is 0 Å². The molecule has 0 bridgehead atoms. The second-order valence-electron chi connectivity index (χ2n) is 7.19. The number of rotatable bonds is 7. The molecule has 1 aromatic rings. The fourth-order valence-electron chi connectivity index (χ4n) is 2.68. The predicted octanol–water partition coefficient (Wildman–Crippen LogP) is 2.93. The minimum atomic E-state index is -0.626. The molecule has 2 rings (SSSR count). The van der Waals surface area contributed by atoms with Crippen LogP contribution in [-0.4, -0.2) is 42.5 Å². The molecule has 0 saturated carbocycles. The average molecular weight is 356 g/mol. The monoisotopic (exact) mass is 355 g/mol. The normalized spacial score (nSPS) is 15.7. The number of β-amino-alcohol motifs (C(OH)–C–C–N with tert-alkyl or cyclic N) is 1. The van der Waals surface area contributed by atoms with E-state index >= 15 is 0 Å². The van der Waals surface area contributed by atoms with Crippen molar-refractivity contribution in [3.8, 4) is 5.75 Å². The van der Waals surface area contributed by atoms with Crippen molar-refractivity contribution in [2.45, 2.75) is 65.0 Å². The zero-order valence-electron chi connectivity index (χ0n) is 15.1. The smallest absolute Gasteiger partial charge is 0.352 e. The Balaban J connectivity index is 2.07. The lowest BCUT2D eigenvalue weighted by molar-refractivity contribution is 0.0521. The van der Waals surface area contributed by atoms with Gasteiger partial charge in [-0.2, -0.15) is 0 Å². The highest BCUT2D eigenvalue weighted by atomic mass is 32.1. The van der Waals surface area contributed by atoms with E-state index in [1.165, 1.54) is 16.2 Å². The highest BCUT2D eigenvalue weighted by Crippen LogP contribution is 2.40. The number of hydrogen-bond acceptors (Lipinski definition) is 6. The summed E-state index contributed by atoms with van der Waals surface area (Å²) < 4.78 is 11.1. The Hall–Kier alpha value is -1.11. The summed E-state index contributed by atoms with van der Waals surface area (Å²) in [6.07, 6.45) is 3.54. The van der Waals surface area contributed by atoms with Gasteiger partial charge in [0.05, 0.1) is 6.61 Å². The molecule has 0 aromatic carbocycles. The highest BCUT2D eigenvalue weighted by molar-refractivity contribution is 7.14. The first kappa shape index (κ1) is 19.2. The average Bonchev–Trinajstić information content (AvgIpc) is 2.89. The van der Waals surface area contributed by atoms with E-state index in [0.717, 1.165) is 31.2 Å². The molecule has 5 nitrogen and oxygen atoms in total. The number of aliphatic hydroxyl groups is 1. The molecule has 136 valence electrons. The minimum absolute atomic E-state index is 0.0569. The molecule has 1 aromatic heterocycles. The molecule has 0 radical (unpaired) electrons. The molecule has 2 N–H and O–H groups in total. The lowest BCUT2D eigenvalue weighted by atomic mass is 9.98. The molecule has 0 aliphatic heterocycles. The van der Waals surface area contributed by atoms with E-state index < -0.39 is 6.10 Å². The molecule has 0 saturated heterocycles. The first-order valence-corrected chi connectivity index (χ1v) is 9.51. The molecule has 0 amide bonds. The Kier molecular flexibility index (Phi) is 6.66. The third kappa shape index (κ3) is 5.19. The molecule has 6 heteroatoms. The van der Waals surface area contributed by atoms with Crippen molar-refractivity contribution >= 4 is 17.3 Å². The number of carbonyl (C=O) groups is 1. The number of fused-ring (bicyclic) bond motifs is 1. The number of thiophene rings is 1. The van der Waals surface area contributed by atoms with Crippen LogP contribution < -0.4 is 10.1 Å². The zero-order chi connectivity index (χ0) is 17.7. The van der Waals surface area contributed by atoms with Crippen molar-refractivity contribution in [3.05, 3.63) is 15.3 Å². The summed E-state index contributed by atoms with van der Waals surface area (Å²) >= 11 is 1.48. The number of aliphatic hydroxyl groups excluding tert-OH is 1. The minimum Gasteiger partial charge on any atom is -0.489 e. The van der Waals surface area contributed by atoms with E-state index in [1.807, 2.05) is 0 Å². The number of carbonyl (C=O) groups excluding carboxylic acids is 1. The molecule has 1 unspecified atom stereocenters. The Labute approximate surface area is 148 Å². The van der Waals surface area contributed by atoms with Gasteiger partial charge in [0.25, 0.3) is 0 Å². The first-order valence-electron chi connectivity index (χ1n) is 8.69. The van der Waals surface area contributed by atoms with Crippen LogP contribution >= 0.6 is 11.3 Å². The summed E-state index contributed by atoms with van der Waals surface area (Å²) in [6.45, 7) is 8.91. The van der Waals surface area contributed by atoms with Crippen molar-refractivity contribution in [3.63, 3.8) is 0 Å². The van der Waals surface area contributed by atoms with Crippen LogP contribution in [0, 0.1) is 0 Å². The summed E-state index contributed by atoms with van der Waals surface area (Å²) in [6, 6.07) is 0. The van der Waals surface area contributed by atoms with Crippen molar-refractivity contribution in [1.29, 1.82) is 0 Å². The van der Waals surface area contributed by atoms with Crippen LogP contribution in [0.3, 0.4) is 0 Å². The van der Waals surface area contributed by atoms with Gasteiger partial charge in [0.15, 0.2) is 4.88 Å². The van der Waals surface area contributed by atoms with Crippen LogP contribution in [0.2, 0.25) is 0 Å². The van der Waals surface area contributed by atoms with E-state index in [9.17, 15) is 9.90 Å². The maximum atomic E-state index is 12.2. The summed E-state index contributed by atoms with van der Waals surface area (Å²) in [5.74, 6) is 0.303. The Morgan fingerprint density at radius 3 is 2.71 bits per heavy atom. The third-order valence-electron chi connectivity index (χ3n) is 3.87. The van der Waals surface area contributed by atoms with Gasteiger partial charge in [-0.15, -0.1) is 11.3 Å². The largest absolute Gasteiger partial charge is 0.489 e. The molecule has 0 fully saturated rings. The molecular weight excluding hydrogens is 326 g/mol. The predicted molar refractivity (Wildman–Crippen MR) is 96.2 cm³/mol. The molecule has 1 aliphatic rings. The summed E-state index contributed by atoms with van der Waals surface area (Å²) in [5, 5.41) is 13.4. The van der Waals surface area contributed by atoms with Gasteiger partial charge >= 0.3 is 5.97 Å². The summed E-state index contributed by atoms with van der Waals surface area (Å²) in [7, 11) is 0. The molecular formula is C18H29NO4S. The highest BCUT2D eigenvalue weighted by Gasteiger charge is 2.27. The van der Waals surface area contributed by atoms with E-state index in [1.54, 1.807) is 6.92 Å². The van der Waals surface area contributed by atoms with E-state index in [0.29, 0.717) is 23.8 Å². The second-order valence-corrected chi connectivity index (χ2v) is 8.29. The van der Waals surface area contributed by atoms with Gasteiger partial charge in [0, 0.05) is 22.5 Å². The summed E-state index contributed by atoms with van der Waals surface area (Å²) in [4.78, 5) is 14.0. The lowest BCUT2D eigenvalue weighted by Gasteiger charge is -2.23.